The SMILES string of the molecule is CCOC(=O)C1=C(C)N=c2s/c(=C\c3ccc(Oc4ccc([N+](=O)[O-])cc4[N+](=O)[O-])cc3)c(=O)n2[C@H]1c1ccc(OC)cc1OC. The normalized spacial score (nSPS) is 14.3. The second kappa shape index (κ2) is 13.0. The minimum absolute atomic E-state index is 0.129. The fourth-order valence-corrected chi connectivity index (χ4v) is 5.94. The summed E-state index contributed by atoms with van der Waals surface area (Å²) in [7, 11) is 3.00. The highest BCUT2D eigenvalue weighted by atomic mass is 32.1. The number of esters is 1. The number of non-ortho nitro benzene ring substituents is 1. The molecule has 0 bridgehead atoms. The van der Waals surface area contributed by atoms with Gasteiger partial charge in [0, 0.05) is 17.7 Å². The summed E-state index contributed by atoms with van der Waals surface area (Å²) >= 11 is 1.14. The number of aromatic nitrogens is 1. The average molecular weight is 647 g/mol. The van der Waals surface area contributed by atoms with E-state index in [1.165, 1.54) is 18.8 Å². The van der Waals surface area contributed by atoms with E-state index >= 15 is 0 Å². The Morgan fingerprint density at radius 2 is 1.70 bits per heavy atom. The van der Waals surface area contributed by atoms with Gasteiger partial charge in [0.1, 0.15) is 23.3 Å². The van der Waals surface area contributed by atoms with Gasteiger partial charge in [0.15, 0.2) is 4.80 Å². The van der Waals surface area contributed by atoms with Crippen molar-refractivity contribution in [2.75, 3.05) is 20.8 Å². The van der Waals surface area contributed by atoms with Crippen molar-refractivity contribution in [2.45, 2.75) is 19.9 Å². The van der Waals surface area contributed by atoms with Crippen molar-refractivity contribution in [1.82, 2.24) is 4.57 Å². The number of fused-ring (bicyclic) bond motifs is 1. The van der Waals surface area contributed by atoms with Gasteiger partial charge >= 0.3 is 11.7 Å². The molecule has 4 aromatic rings. The predicted octanol–water partition coefficient (Wildman–Crippen LogP) is 4.42. The Hall–Kier alpha value is -5.83. The molecule has 0 aliphatic carbocycles. The fourth-order valence-electron chi connectivity index (χ4n) is 4.89. The third-order valence-corrected chi connectivity index (χ3v) is 7.99. The van der Waals surface area contributed by atoms with Gasteiger partial charge in [-0.15, -0.1) is 0 Å². The molecule has 5 rings (SSSR count). The van der Waals surface area contributed by atoms with Gasteiger partial charge in [0.05, 0.1) is 52.5 Å². The number of benzene rings is 3. The van der Waals surface area contributed by atoms with Gasteiger partial charge in [0.2, 0.25) is 5.75 Å². The summed E-state index contributed by atoms with van der Waals surface area (Å²) in [6.07, 6.45) is 1.65. The summed E-state index contributed by atoms with van der Waals surface area (Å²) in [5, 5.41) is 22.5. The van der Waals surface area contributed by atoms with Gasteiger partial charge in [-0.25, -0.2) is 9.79 Å². The number of nitrogens with zero attached hydrogens (tertiary/aromatic N) is 4. The first-order valence-corrected chi connectivity index (χ1v) is 14.5. The van der Waals surface area contributed by atoms with Crippen LogP contribution in [0.1, 0.15) is 31.0 Å². The van der Waals surface area contributed by atoms with E-state index in [0.717, 1.165) is 29.5 Å². The number of allylic oxidation sites excluding steroid dienone is 1. The summed E-state index contributed by atoms with van der Waals surface area (Å²) < 4.78 is 23.7. The Morgan fingerprint density at radius 3 is 2.33 bits per heavy atom. The molecule has 1 aromatic heterocycles. The van der Waals surface area contributed by atoms with E-state index < -0.39 is 38.8 Å². The summed E-state index contributed by atoms with van der Waals surface area (Å²) in [5.74, 6) is 0.390. The average Bonchev–Trinajstić information content (AvgIpc) is 3.34. The van der Waals surface area contributed by atoms with E-state index in [-0.39, 0.29) is 23.7 Å². The quantitative estimate of drug-likeness (QED) is 0.136. The highest BCUT2D eigenvalue weighted by Gasteiger charge is 2.35. The lowest BCUT2D eigenvalue weighted by Gasteiger charge is -2.26. The van der Waals surface area contributed by atoms with Crippen LogP contribution in [0.4, 0.5) is 11.4 Å². The molecule has 1 aliphatic heterocycles. The van der Waals surface area contributed by atoms with Crippen LogP contribution >= 0.6 is 11.3 Å². The predicted molar refractivity (Wildman–Crippen MR) is 166 cm³/mol. The third-order valence-electron chi connectivity index (χ3n) is 7.01. The highest BCUT2D eigenvalue weighted by Crippen LogP contribution is 2.38. The Kier molecular flexibility index (Phi) is 8.95. The summed E-state index contributed by atoms with van der Waals surface area (Å²) in [5.41, 5.74) is 0.351. The molecule has 0 saturated heterocycles. The lowest BCUT2D eigenvalue weighted by molar-refractivity contribution is -0.394. The van der Waals surface area contributed by atoms with E-state index in [4.69, 9.17) is 18.9 Å². The molecule has 0 fully saturated rings. The van der Waals surface area contributed by atoms with Crippen LogP contribution in [0.3, 0.4) is 0 Å². The summed E-state index contributed by atoms with van der Waals surface area (Å²) in [6, 6.07) is 13.7. The zero-order valence-electron chi connectivity index (χ0n) is 24.9. The van der Waals surface area contributed by atoms with Crippen molar-refractivity contribution in [3.63, 3.8) is 0 Å². The topological polar surface area (TPSA) is 175 Å². The number of hydrogen-bond acceptors (Lipinski definition) is 12. The number of nitro benzene ring substituents is 2. The summed E-state index contributed by atoms with van der Waals surface area (Å²) in [4.78, 5) is 53.1. The maximum Gasteiger partial charge on any atom is 0.338 e. The molecule has 0 radical (unpaired) electrons. The third kappa shape index (κ3) is 6.08. The molecule has 236 valence electrons. The standard InChI is InChI=1S/C31H26N4O10S/c1-5-44-30(37)27-17(2)32-31-33(28(27)22-12-11-21(42-3)16-25(22)43-4)29(36)26(46-31)14-18-6-9-20(10-7-18)45-24-13-8-19(34(38)39)15-23(24)35(40)41/h6-16,28H,5H2,1-4H3/b26-14-/t28-/m0/s1. The van der Waals surface area contributed by atoms with Gasteiger partial charge in [0.25, 0.3) is 11.2 Å². The van der Waals surface area contributed by atoms with Gasteiger partial charge in [-0.05, 0) is 55.8 Å². The molecule has 14 nitrogen and oxygen atoms in total. The van der Waals surface area contributed by atoms with E-state index in [1.807, 2.05) is 0 Å². The van der Waals surface area contributed by atoms with E-state index in [0.29, 0.717) is 37.7 Å². The molecule has 0 saturated carbocycles. The van der Waals surface area contributed by atoms with Crippen molar-refractivity contribution < 1.29 is 33.6 Å². The van der Waals surface area contributed by atoms with Gasteiger partial charge in [-0.1, -0.05) is 23.5 Å². The van der Waals surface area contributed by atoms with E-state index in [1.54, 1.807) is 62.4 Å². The Bertz CT molecular complexity index is 2080. The van der Waals surface area contributed by atoms with E-state index in [9.17, 15) is 29.8 Å². The number of carbonyl (C=O) groups excluding carboxylic acids is 1. The maximum absolute atomic E-state index is 13.9. The molecular weight excluding hydrogens is 620 g/mol. The van der Waals surface area contributed by atoms with Gasteiger partial charge in [-0.2, -0.15) is 0 Å². The maximum atomic E-state index is 13.9. The first-order valence-electron chi connectivity index (χ1n) is 13.7. The highest BCUT2D eigenvalue weighted by molar-refractivity contribution is 7.07. The molecule has 1 aliphatic rings. The zero-order valence-corrected chi connectivity index (χ0v) is 25.7. The summed E-state index contributed by atoms with van der Waals surface area (Å²) in [6.45, 7) is 3.50. The number of rotatable bonds is 10. The molecule has 2 heterocycles. The molecule has 0 spiro atoms. The minimum atomic E-state index is -0.897. The number of thiazole rings is 1. The van der Waals surface area contributed by atoms with Crippen LogP contribution in [-0.4, -0.2) is 41.2 Å². The van der Waals surface area contributed by atoms with Crippen LogP contribution in [0, 0.1) is 20.2 Å². The van der Waals surface area contributed by atoms with Crippen LogP contribution in [0.25, 0.3) is 6.08 Å². The second-order valence-electron chi connectivity index (χ2n) is 9.75. The number of methoxy groups -OCH3 is 2. The lowest BCUT2D eigenvalue weighted by atomic mass is 9.95. The molecule has 46 heavy (non-hydrogen) atoms. The number of nitro groups is 2. The first-order chi connectivity index (χ1) is 22.1. The molecule has 15 heteroatoms. The van der Waals surface area contributed by atoms with E-state index in [2.05, 4.69) is 4.99 Å². The molecule has 0 unspecified atom stereocenters. The lowest BCUT2D eigenvalue weighted by Crippen LogP contribution is -2.40. The monoisotopic (exact) mass is 646 g/mol. The van der Waals surface area contributed by atoms with Crippen LogP contribution in [0.5, 0.6) is 23.0 Å². The number of ether oxygens (including phenoxy) is 4. The number of carbonyl (C=O) groups is 1. The largest absolute Gasteiger partial charge is 0.497 e. The van der Waals surface area contributed by atoms with Crippen molar-refractivity contribution >= 4 is 34.8 Å². The smallest absolute Gasteiger partial charge is 0.338 e. The van der Waals surface area contributed by atoms with Gasteiger partial charge < -0.3 is 18.9 Å². The van der Waals surface area contributed by atoms with Crippen molar-refractivity contribution in [3.8, 4) is 23.0 Å². The zero-order chi connectivity index (χ0) is 33.1. The fraction of sp³-hybridized carbons (Fsp3) is 0.194. The minimum Gasteiger partial charge on any atom is -0.497 e. The Balaban J connectivity index is 1.55. The van der Waals surface area contributed by atoms with Crippen LogP contribution in [0.15, 0.2) is 81.7 Å². The van der Waals surface area contributed by atoms with Gasteiger partial charge in [-0.3, -0.25) is 29.6 Å². The van der Waals surface area contributed by atoms with Crippen molar-refractivity contribution in [1.29, 1.82) is 0 Å². The van der Waals surface area contributed by atoms with Crippen LogP contribution < -0.4 is 29.1 Å². The molecule has 0 amide bonds. The van der Waals surface area contributed by atoms with Crippen LogP contribution in [-0.2, 0) is 9.53 Å². The Labute approximate surface area is 264 Å². The Morgan fingerprint density at radius 1 is 0.978 bits per heavy atom. The van der Waals surface area contributed by atoms with Crippen LogP contribution in [0.2, 0.25) is 0 Å². The molecular formula is C31H26N4O10S. The molecule has 1 atom stereocenters. The first kappa shape index (κ1) is 31.6. The van der Waals surface area contributed by atoms with Crippen molar-refractivity contribution in [2.24, 2.45) is 4.99 Å². The molecule has 0 N–H and O–H groups in total. The number of hydrogen-bond donors (Lipinski definition) is 0. The van der Waals surface area contributed by atoms with Crippen molar-refractivity contribution in [3.05, 3.63) is 123 Å². The second-order valence-corrected chi connectivity index (χ2v) is 10.8. The molecule has 3 aromatic carbocycles.